The number of nitrogens with two attached hydrogens (primary N) is 1. The van der Waals surface area contributed by atoms with Crippen molar-refractivity contribution < 1.29 is 19.4 Å². The largest absolute Gasteiger partial charge is 0.480 e. The number of aliphatic carboxylic acids is 1. The highest BCUT2D eigenvalue weighted by Crippen LogP contribution is 2.02. The van der Waals surface area contributed by atoms with Gasteiger partial charge in [0.25, 0.3) is 0 Å². The van der Waals surface area contributed by atoms with Crippen LogP contribution >= 0.6 is 0 Å². The molecule has 1 amide bonds. The first-order valence-corrected chi connectivity index (χ1v) is 5.80. The zero-order chi connectivity index (χ0) is 13.3. The lowest BCUT2D eigenvalue weighted by Gasteiger charge is -2.16. The van der Waals surface area contributed by atoms with Crippen LogP contribution in [0.25, 0.3) is 0 Å². The first-order valence-electron chi connectivity index (χ1n) is 5.80. The second kappa shape index (κ2) is 8.95. The van der Waals surface area contributed by atoms with Gasteiger partial charge >= 0.3 is 5.97 Å². The first kappa shape index (κ1) is 15.9. The van der Waals surface area contributed by atoms with Crippen molar-refractivity contribution in [2.45, 2.75) is 44.8 Å². The Kier molecular flexibility index (Phi) is 8.35. The number of methoxy groups -OCH3 is 1. The topological polar surface area (TPSA) is 102 Å². The van der Waals surface area contributed by atoms with Gasteiger partial charge in [-0.25, -0.2) is 4.79 Å². The SMILES string of the molecule is CCCCC(NC(=O)CC(CN)OC)C(=O)O. The van der Waals surface area contributed by atoms with Gasteiger partial charge < -0.3 is 20.9 Å². The predicted octanol–water partition coefficient (Wildman–Crippen LogP) is 0.110. The monoisotopic (exact) mass is 246 g/mol. The van der Waals surface area contributed by atoms with Crippen molar-refractivity contribution in [3.63, 3.8) is 0 Å². The average molecular weight is 246 g/mol. The fourth-order valence-corrected chi connectivity index (χ4v) is 1.39. The summed E-state index contributed by atoms with van der Waals surface area (Å²) in [6, 6.07) is -0.822. The number of carboxylic acid groups (broad SMARTS) is 1. The van der Waals surface area contributed by atoms with E-state index in [4.69, 9.17) is 15.6 Å². The second-order valence-electron chi connectivity index (χ2n) is 3.90. The van der Waals surface area contributed by atoms with E-state index >= 15 is 0 Å². The summed E-state index contributed by atoms with van der Waals surface area (Å²) in [6.07, 6.45) is 1.82. The van der Waals surface area contributed by atoms with E-state index in [-0.39, 0.29) is 25.0 Å². The van der Waals surface area contributed by atoms with Crippen LogP contribution in [0.2, 0.25) is 0 Å². The highest BCUT2D eigenvalue weighted by molar-refractivity contribution is 5.83. The molecule has 0 aliphatic rings. The maximum atomic E-state index is 11.5. The third-order valence-electron chi connectivity index (χ3n) is 2.49. The Bertz CT molecular complexity index is 242. The van der Waals surface area contributed by atoms with Gasteiger partial charge in [-0.15, -0.1) is 0 Å². The molecule has 2 unspecified atom stereocenters. The highest BCUT2D eigenvalue weighted by atomic mass is 16.5. The zero-order valence-electron chi connectivity index (χ0n) is 10.4. The molecule has 0 fully saturated rings. The number of carbonyl (C=O) groups is 2. The molecule has 0 aliphatic heterocycles. The van der Waals surface area contributed by atoms with E-state index in [1.165, 1.54) is 7.11 Å². The van der Waals surface area contributed by atoms with Gasteiger partial charge in [-0.3, -0.25) is 4.79 Å². The van der Waals surface area contributed by atoms with Crippen LogP contribution in [0.1, 0.15) is 32.6 Å². The van der Waals surface area contributed by atoms with Crippen molar-refractivity contribution in [2.24, 2.45) is 5.73 Å². The third-order valence-corrected chi connectivity index (χ3v) is 2.49. The number of rotatable bonds is 9. The molecule has 0 radical (unpaired) electrons. The summed E-state index contributed by atoms with van der Waals surface area (Å²) in [5.74, 6) is -1.35. The lowest BCUT2D eigenvalue weighted by Crippen LogP contribution is -2.42. The molecular formula is C11H22N2O4. The Hall–Kier alpha value is -1.14. The Labute approximate surface area is 102 Å². The van der Waals surface area contributed by atoms with Crippen molar-refractivity contribution in [3.05, 3.63) is 0 Å². The van der Waals surface area contributed by atoms with Crippen LogP contribution in [0.4, 0.5) is 0 Å². The third kappa shape index (κ3) is 6.91. The summed E-state index contributed by atoms with van der Waals surface area (Å²) in [7, 11) is 1.47. The van der Waals surface area contributed by atoms with Crippen molar-refractivity contribution in [1.29, 1.82) is 0 Å². The highest BCUT2D eigenvalue weighted by Gasteiger charge is 2.20. The van der Waals surface area contributed by atoms with Crippen LogP contribution in [0, 0.1) is 0 Å². The molecule has 0 rings (SSSR count). The first-order chi connectivity index (χ1) is 8.04. The van der Waals surface area contributed by atoms with Gasteiger partial charge in [0.2, 0.25) is 5.91 Å². The maximum absolute atomic E-state index is 11.5. The van der Waals surface area contributed by atoms with E-state index in [1.54, 1.807) is 0 Å². The van der Waals surface area contributed by atoms with E-state index in [9.17, 15) is 9.59 Å². The molecule has 0 heterocycles. The van der Waals surface area contributed by atoms with Gasteiger partial charge in [0.15, 0.2) is 0 Å². The van der Waals surface area contributed by atoms with Gasteiger partial charge in [0.1, 0.15) is 6.04 Å². The minimum absolute atomic E-state index is 0.0862. The molecule has 2 atom stereocenters. The molecule has 0 aromatic heterocycles. The number of amides is 1. The fraction of sp³-hybridized carbons (Fsp3) is 0.818. The Balaban J connectivity index is 4.15. The lowest BCUT2D eigenvalue weighted by molar-refractivity contribution is -0.142. The number of ether oxygens (including phenoxy) is 1. The van der Waals surface area contributed by atoms with Crippen LogP contribution in [0.15, 0.2) is 0 Å². The summed E-state index contributed by atoms with van der Waals surface area (Å²) in [5.41, 5.74) is 5.38. The number of carboxylic acids is 1. The van der Waals surface area contributed by atoms with E-state index in [0.29, 0.717) is 6.42 Å². The standard InChI is InChI=1S/C11H22N2O4/c1-3-4-5-9(11(15)16)13-10(14)6-8(7-12)17-2/h8-9H,3-7,12H2,1-2H3,(H,13,14)(H,15,16). The predicted molar refractivity (Wildman–Crippen MR) is 63.6 cm³/mol. The molecule has 0 aliphatic carbocycles. The van der Waals surface area contributed by atoms with Gasteiger partial charge in [0, 0.05) is 13.7 Å². The minimum Gasteiger partial charge on any atom is -0.480 e. The molecule has 0 bridgehead atoms. The summed E-state index contributed by atoms with van der Waals surface area (Å²) in [6.45, 7) is 2.20. The van der Waals surface area contributed by atoms with Crippen LogP contribution in [-0.4, -0.2) is 42.8 Å². The molecule has 0 spiro atoms. The van der Waals surface area contributed by atoms with E-state index in [1.807, 2.05) is 6.92 Å². The molecular weight excluding hydrogens is 224 g/mol. The van der Waals surface area contributed by atoms with Crippen LogP contribution < -0.4 is 11.1 Å². The number of unbranched alkanes of at least 4 members (excludes halogenated alkanes) is 1. The van der Waals surface area contributed by atoms with Crippen molar-refractivity contribution in [2.75, 3.05) is 13.7 Å². The van der Waals surface area contributed by atoms with Gasteiger partial charge in [-0.2, -0.15) is 0 Å². The summed E-state index contributed by atoms with van der Waals surface area (Å²) in [4.78, 5) is 22.4. The number of hydrogen-bond donors (Lipinski definition) is 3. The molecule has 4 N–H and O–H groups in total. The maximum Gasteiger partial charge on any atom is 0.326 e. The Morgan fingerprint density at radius 3 is 2.53 bits per heavy atom. The van der Waals surface area contributed by atoms with Crippen molar-refractivity contribution in [3.8, 4) is 0 Å². The molecule has 0 aromatic rings. The van der Waals surface area contributed by atoms with Gasteiger partial charge in [-0.05, 0) is 6.42 Å². The quantitative estimate of drug-likeness (QED) is 0.536. The molecule has 6 heteroatoms. The molecule has 0 aromatic carbocycles. The molecule has 17 heavy (non-hydrogen) atoms. The summed E-state index contributed by atoms with van der Waals surface area (Å²) in [5, 5.41) is 11.4. The Morgan fingerprint density at radius 2 is 2.12 bits per heavy atom. The normalized spacial score (nSPS) is 14.1. The van der Waals surface area contributed by atoms with Gasteiger partial charge in [-0.1, -0.05) is 19.8 Å². The van der Waals surface area contributed by atoms with Gasteiger partial charge in [0.05, 0.1) is 12.5 Å². The number of hydrogen-bond acceptors (Lipinski definition) is 4. The fourth-order valence-electron chi connectivity index (χ4n) is 1.39. The van der Waals surface area contributed by atoms with E-state index < -0.39 is 12.0 Å². The van der Waals surface area contributed by atoms with Crippen LogP contribution in [0.5, 0.6) is 0 Å². The van der Waals surface area contributed by atoms with Crippen molar-refractivity contribution >= 4 is 11.9 Å². The molecule has 0 saturated carbocycles. The minimum atomic E-state index is -1.01. The number of nitrogens with one attached hydrogen (secondary N) is 1. The average Bonchev–Trinajstić information content (AvgIpc) is 2.30. The van der Waals surface area contributed by atoms with E-state index in [0.717, 1.165) is 12.8 Å². The summed E-state index contributed by atoms with van der Waals surface area (Å²) < 4.78 is 4.96. The molecule has 0 saturated heterocycles. The zero-order valence-corrected chi connectivity index (χ0v) is 10.4. The molecule has 100 valence electrons. The molecule has 6 nitrogen and oxygen atoms in total. The van der Waals surface area contributed by atoms with Crippen LogP contribution in [-0.2, 0) is 14.3 Å². The Morgan fingerprint density at radius 1 is 1.47 bits per heavy atom. The number of carbonyl (C=O) groups excluding carboxylic acids is 1. The van der Waals surface area contributed by atoms with E-state index in [2.05, 4.69) is 5.32 Å². The lowest BCUT2D eigenvalue weighted by atomic mass is 10.1. The summed E-state index contributed by atoms with van der Waals surface area (Å²) >= 11 is 0. The van der Waals surface area contributed by atoms with Crippen LogP contribution in [0.3, 0.4) is 0 Å². The second-order valence-corrected chi connectivity index (χ2v) is 3.90. The van der Waals surface area contributed by atoms with Crippen molar-refractivity contribution in [1.82, 2.24) is 5.32 Å². The smallest absolute Gasteiger partial charge is 0.326 e.